The maximum Gasteiger partial charge on any atom is 0.310 e. The second-order valence-electron chi connectivity index (χ2n) is 19.5. The van der Waals surface area contributed by atoms with Gasteiger partial charge in [-0.25, -0.2) is 0 Å². The minimum Gasteiger partial charge on any atom is -0.462 e. The number of carbonyl (C=O) groups excluding carboxylic acids is 3. The first-order chi connectivity index (χ1) is 38.5. The molecule has 0 heterocycles. The minimum atomic E-state index is -0.855. The van der Waals surface area contributed by atoms with E-state index in [9.17, 15) is 14.4 Å². The van der Waals surface area contributed by atoms with Gasteiger partial charge in [-0.2, -0.15) is 0 Å². The highest BCUT2D eigenvalue weighted by molar-refractivity contribution is 5.72. The third kappa shape index (κ3) is 61.4. The van der Waals surface area contributed by atoms with E-state index in [4.69, 9.17) is 14.2 Å². The molecule has 0 amide bonds. The SMILES string of the molecule is CC/C=C\C/C=C\C/C=C\C/C=C\C/C=C\C/C=C\C/C=C\C/C=C\CCCCCCCCC(=O)OCC(COC(=O)CCCCCCC/C=C\C/C=C\CCCC)OC(=O)C/C=C\C/C=C\C/C=C\C/C=C\C/C=C\CC. The van der Waals surface area contributed by atoms with Crippen molar-refractivity contribution < 1.29 is 28.6 Å². The third-order valence-corrected chi connectivity index (χ3v) is 12.2. The highest BCUT2D eigenvalue weighted by Crippen LogP contribution is 2.12. The van der Waals surface area contributed by atoms with Gasteiger partial charge in [-0.05, 0) is 135 Å². The van der Waals surface area contributed by atoms with Gasteiger partial charge in [0.2, 0.25) is 0 Å². The number of rotatable bonds is 53. The molecule has 6 heteroatoms. The molecule has 1 atom stereocenters. The first-order valence-electron chi connectivity index (χ1n) is 30.8. The molecule has 0 aromatic carbocycles. The van der Waals surface area contributed by atoms with Crippen molar-refractivity contribution in [2.24, 2.45) is 0 Å². The Labute approximate surface area is 478 Å². The van der Waals surface area contributed by atoms with Crippen LogP contribution in [-0.4, -0.2) is 37.2 Å². The lowest BCUT2D eigenvalue weighted by Crippen LogP contribution is -2.30. The molecule has 6 nitrogen and oxygen atoms in total. The fourth-order valence-electron chi connectivity index (χ4n) is 7.61. The van der Waals surface area contributed by atoms with Crippen molar-refractivity contribution in [2.75, 3.05) is 13.2 Å². The highest BCUT2D eigenvalue weighted by atomic mass is 16.6. The summed E-state index contributed by atoms with van der Waals surface area (Å²) in [4.78, 5) is 38.1. The smallest absolute Gasteiger partial charge is 0.310 e. The van der Waals surface area contributed by atoms with Gasteiger partial charge < -0.3 is 14.2 Å². The van der Waals surface area contributed by atoms with Crippen molar-refractivity contribution in [1.29, 1.82) is 0 Å². The van der Waals surface area contributed by atoms with Crippen LogP contribution in [0.3, 0.4) is 0 Å². The Bertz CT molecular complexity index is 1850. The van der Waals surface area contributed by atoms with E-state index in [1.807, 2.05) is 6.08 Å². The molecule has 0 saturated heterocycles. The van der Waals surface area contributed by atoms with Gasteiger partial charge in [0, 0.05) is 12.8 Å². The van der Waals surface area contributed by atoms with Crippen molar-refractivity contribution in [1.82, 2.24) is 0 Å². The van der Waals surface area contributed by atoms with Crippen LogP contribution in [0.1, 0.15) is 233 Å². The van der Waals surface area contributed by atoms with E-state index in [0.29, 0.717) is 19.3 Å². The maximum atomic E-state index is 12.8. The molecule has 0 bridgehead atoms. The van der Waals surface area contributed by atoms with Gasteiger partial charge in [0.05, 0.1) is 6.42 Å². The summed E-state index contributed by atoms with van der Waals surface area (Å²) in [6.45, 7) is 6.24. The lowest BCUT2D eigenvalue weighted by atomic mass is 10.1. The number of ether oxygens (including phenoxy) is 3. The molecule has 0 radical (unpaired) electrons. The lowest BCUT2D eigenvalue weighted by Gasteiger charge is -2.18. The predicted octanol–water partition coefficient (Wildman–Crippen LogP) is 21.3. The topological polar surface area (TPSA) is 78.9 Å². The van der Waals surface area contributed by atoms with Crippen LogP contribution in [0.2, 0.25) is 0 Å². The molecule has 0 saturated carbocycles. The minimum absolute atomic E-state index is 0.0811. The van der Waals surface area contributed by atoms with Gasteiger partial charge in [-0.15, -0.1) is 0 Å². The summed E-state index contributed by atoms with van der Waals surface area (Å²) in [6, 6.07) is 0. The van der Waals surface area contributed by atoms with Gasteiger partial charge in [-0.1, -0.05) is 261 Å². The van der Waals surface area contributed by atoms with Gasteiger partial charge >= 0.3 is 17.9 Å². The van der Waals surface area contributed by atoms with Crippen LogP contribution in [0.5, 0.6) is 0 Å². The summed E-state index contributed by atoms with van der Waals surface area (Å²) < 4.78 is 16.7. The normalized spacial score (nSPS) is 13.4. The van der Waals surface area contributed by atoms with Crippen LogP contribution in [0, 0.1) is 0 Å². The van der Waals surface area contributed by atoms with Crippen LogP contribution >= 0.6 is 0 Å². The molecule has 0 aromatic heterocycles. The van der Waals surface area contributed by atoms with Crippen LogP contribution < -0.4 is 0 Å². The van der Waals surface area contributed by atoms with Crippen molar-refractivity contribution in [3.63, 3.8) is 0 Å². The summed E-state index contributed by atoms with van der Waals surface area (Å²) in [5.41, 5.74) is 0. The van der Waals surface area contributed by atoms with Crippen LogP contribution in [0.25, 0.3) is 0 Å². The summed E-state index contributed by atoms with van der Waals surface area (Å²) in [5.74, 6) is -1.11. The van der Waals surface area contributed by atoms with E-state index in [-0.39, 0.29) is 31.6 Å². The van der Waals surface area contributed by atoms with E-state index in [1.165, 1.54) is 32.1 Å². The van der Waals surface area contributed by atoms with Crippen molar-refractivity contribution in [3.05, 3.63) is 182 Å². The van der Waals surface area contributed by atoms with E-state index in [0.717, 1.165) is 154 Å². The number of unbranched alkanes of at least 4 members (excludes halogenated alkanes) is 13. The van der Waals surface area contributed by atoms with Gasteiger partial charge in [0.15, 0.2) is 6.10 Å². The number of hydrogen-bond donors (Lipinski definition) is 0. The Hall–Kier alpha value is -5.49. The van der Waals surface area contributed by atoms with E-state index < -0.39 is 12.1 Å². The zero-order valence-corrected chi connectivity index (χ0v) is 49.6. The second-order valence-corrected chi connectivity index (χ2v) is 19.5. The molecule has 0 aromatic rings. The molecule has 434 valence electrons. The Morgan fingerprint density at radius 3 is 0.846 bits per heavy atom. The monoisotopic (exact) mass is 1070 g/mol. The number of esters is 3. The fourth-order valence-corrected chi connectivity index (χ4v) is 7.61. The van der Waals surface area contributed by atoms with Crippen LogP contribution in [0.4, 0.5) is 0 Å². The summed E-state index contributed by atoms with van der Waals surface area (Å²) in [6.07, 6.45) is 96.3. The third-order valence-electron chi connectivity index (χ3n) is 12.2. The van der Waals surface area contributed by atoms with Gasteiger partial charge in [0.1, 0.15) is 13.2 Å². The first kappa shape index (κ1) is 72.5. The average molecular weight is 1070 g/mol. The van der Waals surface area contributed by atoms with Crippen molar-refractivity contribution in [2.45, 2.75) is 239 Å². The molecule has 0 rings (SSSR count). The van der Waals surface area contributed by atoms with Gasteiger partial charge in [0.25, 0.3) is 0 Å². The van der Waals surface area contributed by atoms with Crippen LogP contribution in [0.15, 0.2) is 182 Å². The first-order valence-corrected chi connectivity index (χ1v) is 30.8. The van der Waals surface area contributed by atoms with E-state index in [1.54, 1.807) is 6.08 Å². The van der Waals surface area contributed by atoms with E-state index >= 15 is 0 Å². The lowest BCUT2D eigenvalue weighted by molar-refractivity contribution is -0.166. The van der Waals surface area contributed by atoms with Crippen LogP contribution in [-0.2, 0) is 28.6 Å². The Morgan fingerprint density at radius 2 is 0.538 bits per heavy atom. The van der Waals surface area contributed by atoms with Crippen molar-refractivity contribution >= 4 is 17.9 Å². The van der Waals surface area contributed by atoms with Crippen molar-refractivity contribution in [3.8, 4) is 0 Å². The zero-order valence-electron chi connectivity index (χ0n) is 49.6. The maximum absolute atomic E-state index is 12.8. The number of hydrogen-bond acceptors (Lipinski definition) is 6. The molecule has 0 fully saturated rings. The number of allylic oxidation sites excluding steroid dienone is 29. The quantitative estimate of drug-likeness (QED) is 0.0261. The van der Waals surface area contributed by atoms with E-state index in [2.05, 4.69) is 191 Å². The predicted molar refractivity (Wildman–Crippen MR) is 338 cm³/mol. The molecule has 1 unspecified atom stereocenters. The standard InChI is InChI=1S/C72H110O6/c1-4-7-10-13-16-19-22-25-28-29-30-31-32-33-34-35-36-37-38-39-40-41-42-43-45-47-50-53-56-59-62-65-71(74)77-68-69(67-76-70(73)64-61-58-55-52-49-46-27-24-21-18-15-12-9-6-3)78-72(75)66-63-60-57-54-51-48-44-26-23-20-17-14-11-8-5-2/h7-8,10-11,15-20,24-28,30-31,33-34,36-37,39-40,42-44,51,54,60,63,69H,4-6,9,12-14,21-23,29,32,35,38,41,45-50,52-53,55-59,61-62,64-68H2,1-3H3/b10-7-,11-8-,18-15-,19-16-,20-17-,27-24-,28-25-,31-30-,34-33-,37-36-,40-39-,43-42-,44-26-,54-51-,63-60-. The molecular formula is C72H110O6. The average Bonchev–Trinajstić information content (AvgIpc) is 3.44. The summed E-state index contributed by atoms with van der Waals surface area (Å²) >= 11 is 0. The highest BCUT2D eigenvalue weighted by Gasteiger charge is 2.19. The Kier molecular flexibility index (Phi) is 59.5. The Morgan fingerprint density at radius 1 is 0.282 bits per heavy atom. The molecule has 0 spiro atoms. The fraction of sp³-hybridized carbons (Fsp3) is 0.542. The Balaban J connectivity index is 4.44. The summed E-state index contributed by atoms with van der Waals surface area (Å²) in [5, 5.41) is 0. The molecular weight excluding hydrogens is 961 g/mol. The second kappa shape index (κ2) is 64.0. The summed E-state index contributed by atoms with van der Waals surface area (Å²) in [7, 11) is 0. The molecule has 0 aliphatic rings. The van der Waals surface area contributed by atoms with Gasteiger partial charge in [-0.3, -0.25) is 14.4 Å². The molecule has 78 heavy (non-hydrogen) atoms. The molecule has 0 aliphatic heterocycles. The molecule has 0 N–H and O–H groups in total. The molecule has 0 aliphatic carbocycles. The largest absolute Gasteiger partial charge is 0.462 e. The number of carbonyl (C=O) groups is 3. The zero-order chi connectivity index (χ0) is 56.4.